The molecule has 1 unspecified atom stereocenters. The third kappa shape index (κ3) is 3.59. The highest BCUT2D eigenvalue weighted by Gasteiger charge is 2.34. The van der Waals surface area contributed by atoms with Gasteiger partial charge in [0.15, 0.2) is 0 Å². The smallest absolute Gasteiger partial charge is 0.381 e. The number of piperidine rings is 1. The van der Waals surface area contributed by atoms with Crippen LogP contribution >= 0.6 is 0 Å². The molecule has 19 heavy (non-hydrogen) atoms. The summed E-state index contributed by atoms with van der Waals surface area (Å²) in [4.78, 5) is 0. The first-order chi connectivity index (χ1) is 9.00. The predicted molar refractivity (Wildman–Crippen MR) is 65.8 cm³/mol. The first kappa shape index (κ1) is 14.1. The van der Waals surface area contributed by atoms with Crippen molar-refractivity contribution in [2.24, 2.45) is 0 Å². The van der Waals surface area contributed by atoms with E-state index in [1.54, 1.807) is 0 Å². The Morgan fingerprint density at radius 1 is 1.32 bits per heavy atom. The molecule has 2 rings (SSSR count). The maximum absolute atomic E-state index is 12.9. The molecule has 2 N–H and O–H groups in total. The number of alkyl halides is 4. The van der Waals surface area contributed by atoms with Gasteiger partial charge in [-0.2, -0.15) is 13.2 Å². The summed E-state index contributed by atoms with van der Waals surface area (Å²) in [5.41, 5.74) is -0.730. The largest absolute Gasteiger partial charge is 0.418 e. The maximum Gasteiger partial charge on any atom is 0.418 e. The van der Waals surface area contributed by atoms with Crippen molar-refractivity contribution in [1.82, 2.24) is 5.32 Å². The van der Waals surface area contributed by atoms with Gasteiger partial charge in [0.25, 0.3) is 0 Å². The van der Waals surface area contributed by atoms with Crippen LogP contribution in [-0.4, -0.2) is 19.1 Å². The molecular weight excluding hydrogens is 260 g/mol. The van der Waals surface area contributed by atoms with Crippen molar-refractivity contribution in [2.75, 3.05) is 18.4 Å². The number of hydrogen-bond donors (Lipinski definition) is 2. The molecule has 0 spiro atoms. The third-order valence-corrected chi connectivity index (χ3v) is 3.20. The molecule has 1 aliphatic heterocycles. The van der Waals surface area contributed by atoms with Gasteiger partial charge >= 0.3 is 6.18 Å². The molecule has 1 heterocycles. The minimum Gasteiger partial charge on any atom is -0.381 e. The highest BCUT2D eigenvalue weighted by atomic mass is 19.4. The lowest BCUT2D eigenvalue weighted by Gasteiger charge is -2.26. The van der Waals surface area contributed by atoms with Crippen molar-refractivity contribution in [3.8, 4) is 0 Å². The van der Waals surface area contributed by atoms with E-state index < -0.39 is 18.4 Å². The number of benzene rings is 1. The lowest BCUT2D eigenvalue weighted by Crippen LogP contribution is -2.38. The maximum atomic E-state index is 12.9. The average molecular weight is 276 g/mol. The van der Waals surface area contributed by atoms with Crippen LogP contribution < -0.4 is 10.6 Å². The van der Waals surface area contributed by atoms with Gasteiger partial charge in [-0.05, 0) is 37.1 Å². The van der Waals surface area contributed by atoms with Gasteiger partial charge in [0.2, 0.25) is 0 Å². The predicted octanol–water partition coefficient (Wildman–Crippen LogP) is 3.34. The normalized spacial score (nSPS) is 20.3. The van der Waals surface area contributed by atoms with Crippen molar-refractivity contribution < 1.29 is 17.6 Å². The number of anilines is 1. The minimum atomic E-state index is -4.48. The van der Waals surface area contributed by atoms with Crippen LogP contribution in [0.2, 0.25) is 0 Å². The first-order valence-electron chi connectivity index (χ1n) is 6.24. The van der Waals surface area contributed by atoms with Crippen LogP contribution in [0.25, 0.3) is 0 Å². The van der Waals surface area contributed by atoms with Gasteiger partial charge in [-0.3, -0.25) is 0 Å². The Labute approximate surface area is 109 Å². The number of hydrogen-bond acceptors (Lipinski definition) is 2. The van der Waals surface area contributed by atoms with Crippen LogP contribution in [0, 0.1) is 0 Å². The Balaban J connectivity index is 2.23. The SMILES string of the molecule is FCc1ccc(NC2CCCNC2)c(C(F)(F)F)c1. The number of halogens is 4. The third-order valence-electron chi connectivity index (χ3n) is 3.20. The quantitative estimate of drug-likeness (QED) is 0.827. The van der Waals surface area contributed by atoms with Crippen LogP contribution in [-0.2, 0) is 12.9 Å². The Morgan fingerprint density at radius 2 is 2.11 bits per heavy atom. The van der Waals surface area contributed by atoms with E-state index in [1.165, 1.54) is 12.1 Å². The van der Waals surface area contributed by atoms with Gasteiger partial charge in [0.1, 0.15) is 6.67 Å². The lowest BCUT2D eigenvalue weighted by atomic mass is 10.0. The standard InChI is InChI=1S/C13H16F4N2/c14-7-9-3-4-12(11(6-9)13(15,16)17)19-10-2-1-5-18-8-10/h3-4,6,10,18-19H,1-2,5,7-8H2. The summed E-state index contributed by atoms with van der Waals surface area (Å²) in [6.07, 6.45) is -2.72. The van der Waals surface area contributed by atoms with Crippen molar-refractivity contribution in [3.63, 3.8) is 0 Å². The summed E-state index contributed by atoms with van der Waals surface area (Å²) in [5, 5.41) is 6.03. The van der Waals surface area contributed by atoms with E-state index in [-0.39, 0.29) is 17.3 Å². The fourth-order valence-corrected chi connectivity index (χ4v) is 2.23. The zero-order chi connectivity index (χ0) is 13.9. The molecule has 0 bridgehead atoms. The van der Waals surface area contributed by atoms with E-state index >= 15 is 0 Å². The molecule has 1 aromatic carbocycles. The van der Waals surface area contributed by atoms with Crippen LogP contribution in [0.1, 0.15) is 24.0 Å². The molecule has 0 saturated carbocycles. The van der Waals surface area contributed by atoms with Crippen molar-refractivity contribution >= 4 is 5.69 Å². The summed E-state index contributed by atoms with van der Waals surface area (Å²) in [5.74, 6) is 0. The minimum absolute atomic E-state index is 0.0222. The first-order valence-corrected chi connectivity index (χ1v) is 6.24. The highest BCUT2D eigenvalue weighted by Crippen LogP contribution is 2.36. The van der Waals surface area contributed by atoms with Gasteiger partial charge in [-0.15, -0.1) is 0 Å². The molecule has 1 fully saturated rings. The Bertz CT molecular complexity index is 425. The molecule has 0 radical (unpaired) electrons. The molecule has 1 aliphatic rings. The van der Waals surface area contributed by atoms with E-state index in [1.807, 2.05) is 0 Å². The van der Waals surface area contributed by atoms with Crippen LogP contribution in [0.4, 0.5) is 23.2 Å². The second-order valence-electron chi connectivity index (χ2n) is 4.70. The highest BCUT2D eigenvalue weighted by molar-refractivity contribution is 5.55. The average Bonchev–Trinajstić information content (AvgIpc) is 2.39. The summed E-state index contributed by atoms with van der Waals surface area (Å²) in [6.45, 7) is 0.640. The van der Waals surface area contributed by atoms with Crippen molar-refractivity contribution in [3.05, 3.63) is 29.3 Å². The lowest BCUT2D eigenvalue weighted by molar-refractivity contribution is -0.137. The molecule has 1 atom stereocenters. The van der Waals surface area contributed by atoms with Crippen molar-refractivity contribution in [2.45, 2.75) is 31.7 Å². The van der Waals surface area contributed by atoms with E-state index in [0.717, 1.165) is 25.5 Å². The van der Waals surface area contributed by atoms with Crippen LogP contribution in [0.15, 0.2) is 18.2 Å². The topological polar surface area (TPSA) is 24.1 Å². The van der Waals surface area contributed by atoms with Gasteiger partial charge in [0.05, 0.1) is 5.56 Å². The number of rotatable bonds is 3. The van der Waals surface area contributed by atoms with Crippen LogP contribution in [0.3, 0.4) is 0 Å². The Hall–Kier alpha value is -1.30. The molecule has 0 aliphatic carbocycles. The van der Waals surface area contributed by atoms with Gasteiger partial charge < -0.3 is 10.6 Å². The van der Waals surface area contributed by atoms with E-state index in [2.05, 4.69) is 10.6 Å². The van der Waals surface area contributed by atoms with E-state index in [4.69, 9.17) is 0 Å². The molecule has 1 saturated heterocycles. The summed E-state index contributed by atoms with van der Waals surface area (Å²) < 4.78 is 51.3. The van der Waals surface area contributed by atoms with Gasteiger partial charge in [-0.25, -0.2) is 4.39 Å². The van der Waals surface area contributed by atoms with Crippen molar-refractivity contribution in [1.29, 1.82) is 0 Å². The zero-order valence-electron chi connectivity index (χ0n) is 10.4. The molecule has 106 valence electrons. The molecule has 0 amide bonds. The molecule has 1 aromatic rings. The van der Waals surface area contributed by atoms with E-state index in [9.17, 15) is 17.6 Å². The summed E-state index contributed by atoms with van der Waals surface area (Å²) in [7, 11) is 0. The van der Waals surface area contributed by atoms with E-state index in [0.29, 0.717) is 6.54 Å². The van der Waals surface area contributed by atoms with Gasteiger partial charge in [-0.1, -0.05) is 6.07 Å². The zero-order valence-corrected chi connectivity index (χ0v) is 10.4. The molecule has 2 nitrogen and oxygen atoms in total. The fourth-order valence-electron chi connectivity index (χ4n) is 2.23. The molecular formula is C13H16F4N2. The molecule has 0 aromatic heterocycles. The Kier molecular flexibility index (Phi) is 4.29. The second-order valence-corrected chi connectivity index (χ2v) is 4.70. The monoisotopic (exact) mass is 276 g/mol. The fraction of sp³-hybridized carbons (Fsp3) is 0.538. The summed E-state index contributed by atoms with van der Waals surface area (Å²) in [6, 6.07) is 3.55. The second kappa shape index (κ2) is 5.77. The molecule has 6 heteroatoms. The van der Waals surface area contributed by atoms with Gasteiger partial charge in [0, 0.05) is 18.3 Å². The number of nitrogens with one attached hydrogen (secondary N) is 2. The van der Waals surface area contributed by atoms with Crippen LogP contribution in [0.5, 0.6) is 0 Å². The Morgan fingerprint density at radius 3 is 2.68 bits per heavy atom. The summed E-state index contributed by atoms with van der Waals surface area (Å²) >= 11 is 0.